The van der Waals surface area contributed by atoms with Crippen molar-refractivity contribution in [2.75, 3.05) is 31.0 Å². The van der Waals surface area contributed by atoms with E-state index in [4.69, 9.17) is 9.47 Å². The highest BCUT2D eigenvalue weighted by atomic mass is 19.1. The summed E-state index contributed by atoms with van der Waals surface area (Å²) in [5, 5.41) is 2.62. The van der Waals surface area contributed by atoms with Crippen molar-refractivity contribution in [3.8, 4) is 11.5 Å². The lowest BCUT2D eigenvalue weighted by atomic mass is 10.0. The Labute approximate surface area is 200 Å². The molecule has 4 rings (SSSR count). The number of aldehydes is 1. The number of urea groups is 1. The summed E-state index contributed by atoms with van der Waals surface area (Å²) in [5.74, 6) is -1.29. The molecule has 9 nitrogen and oxygen atoms in total. The van der Waals surface area contributed by atoms with Gasteiger partial charge in [-0.05, 0) is 42.9 Å². The largest absolute Gasteiger partial charge is 0.494 e. The van der Waals surface area contributed by atoms with E-state index in [0.717, 1.165) is 24.5 Å². The summed E-state index contributed by atoms with van der Waals surface area (Å²) in [7, 11) is 2.58. The number of pyridine rings is 1. The smallest absolute Gasteiger partial charge is 0.329 e. The van der Waals surface area contributed by atoms with Crippen molar-refractivity contribution in [1.29, 1.82) is 0 Å². The lowest BCUT2D eigenvalue weighted by Crippen LogP contribution is -2.39. The molecule has 0 atom stereocenters. The molecule has 0 saturated carbocycles. The van der Waals surface area contributed by atoms with Crippen molar-refractivity contribution in [3.63, 3.8) is 0 Å². The molecule has 3 aromatic rings. The standard InChI is InChI=1S/C24H23F2N5O4/c1-34-18-10-19(35-2)21(26)17(20(18)25)8-5-14-11-27-23(28-12-14)30-24(33)31-9-3-4-15-6-7-16(13-32)29-22(15)31/h6-7,10-13H,3-5,8-9H2,1-2H3,(H,27,28,30,33). The number of anilines is 2. The van der Waals surface area contributed by atoms with Gasteiger partial charge in [-0.15, -0.1) is 0 Å². The first-order valence-electron chi connectivity index (χ1n) is 10.9. The third kappa shape index (κ3) is 5.03. The third-order valence-corrected chi connectivity index (χ3v) is 5.68. The summed E-state index contributed by atoms with van der Waals surface area (Å²) < 4.78 is 39.0. The zero-order valence-corrected chi connectivity index (χ0v) is 19.2. The fourth-order valence-corrected chi connectivity index (χ4v) is 3.85. The van der Waals surface area contributed by atoms with Gasteiger partial charge in [-0.25, -0.2) is 28.5 Å². The number of hydrogen-bond donors (Lipinski definition) is 1. The molecule has 1 aliphatic rings. The number of aryl methyl sites for hydroxylation is 2. The molecule has 3 heterocycles. The van der Waals surface area contributed by atoms with Crippen LogP contribution in [0.25, 0.3) is 0 Å². The first kappa shape index (κ1) is 24.0. The number of ether oxygens (including phenoxy) is 2. The van der Waals surface area contributed by atoms with Gasteiger partial charge in [0.05, 0.1) is 14.2 Å². The number of nitrogens with one attached hydrogen (secondary N) is 1. The molecule has 1 aromatic carbocycles. The number of carbonyl (C=O) groups is 2. The highest BCUT2D eigenvalue weighted by Crippen LogP contribution is 2.32. The maximum absolute atomic E-state index is 14.6. The van der Waals surface area contributed by atoms with E-state index in [2.05, 4.69) is 20.3 Å². The monoisotopic (exact) mass is 483 g/mol. The molecule has 0 spiro atoms. The fourth-order valence-electron chi connectivity index (χ4n) is 3.85. The maximum atomic E-state index is 14.6. The Hall–Kier alpha value is -4.15. The molecule has 35 heavy (non-hydrogen) atoms. The number of amides is 2. The number of carbonyl (C=O) groups excluding carboxylic acids is 2. The summed E-state index contributed by atoms with van der Waals surface area (Å²) >= 11 is 0. The zero-order valence-electron chi connectivity index (χ0n) is 19.2. The van der Waals surface area contributed by atoms with Gasteiger partial charge in [0.2, 0.25) is 5.95 Å². The summed E-state index contributed by atoms with van der Waals surface area (Å²) in [6.45, 7) is 0.438. The number of fused-ring (bicyclic) bond motifs is 1. The van der Waals surface area contributed by atoms with Crippen molar-refractivity contribution >= 4 is 24.1 Å². The van der Waals surface area contributed by atoms with Crippen LogP contribution in [0.4, 0.5) is 25.3 Å². The van der Waals surface area contributed by atoms with Gasteiger partial charge in [0.1, 0.15) is 11.5 Å². The quantitative estimate of drug-likeness (QED) is 0.510. The second-order valence-electron chi connectivity index (χ2n) is 7.82. The average Bonchev–Trinajstić information content (AvgIpc) is 2.89. The van der Waals surface area contributed by atoms with Gasteiger partial charge in [0, 0.05) is 30.6 Å². The Balaban J connectivity index is 1.44. The zero-order chi connectivity index (χ0) is 24.9. The van der Waals surface area contributed by atoms with Crippen molar-refractivity contribution in [2.45, 2.75) is 25.7 Å². The van der Waals surface area contributed by atoms with Gasteiger partial charge in [-0.1, -0.05) is 6.07 Å². The number of rotatable bonds is 7. The first-order valence-corrected chi connectivity index (χ1v) is 10.9. The molecular formula is C24H23F2N5O4. The Kier molecular flexibility index (Phi) is 7.14. The summed E-state index contributed by atoms with van der Waals surface area (Å²) in [6, 6.07) is 4.10. The number of methoxy groups -OCH3 is 2. The molecule has 0 aliphatic carbocycles. The first-order chi connectivity index (χ1) is 16.9. The van der Waals surface area contributed by atoms with Crippen molar-refractivity contribution in [1.82, 2.24) is 15.0 Å². The van der Waals surface area contributed by atoms with E-state index >= 15 is 0 Å². The lowest BCUT2D eigenvalue weighted by molar-refractivity contribution is 0.111. The summed E-state index contributed by atoms with van der Waals surface area (Å²) in [6.07, 6.45) is 5.37. The van der Waals surface area contributed by atoms with E-state index in [1.807, 2.05) is 0 Å². The van der Waals surface area contributed by atoms with Crippen LogP contribution in [-0.4, -0.2) is 48.0 Å². The maximum Gasteiger partial charge on any atom is 0.329 e. The topological polar surface area (TPSA) is 107 Å². The van der Waals surface area contributed by atoms with Crippen LogP contribution in [0.1, 0.15) is 33.6 Å². The van der Waals surface area contributed by atoms with E-state index in [0.29, 0.717) is 24.2 Å². The van der Waals surface area contributed by atoms with E-state index in [1.165, 1.54) is 31.5 Å². The summed E-state index contributed by atoms with van der Waals surface area (Å²) in [4.78, 5) is 37.9. The van der Waals surface area contributed by atoms with Gasteiger partial charge in [-0.3, -0.25) is 15.0 Å². The molecule has 2 amide bonds. The van der Waals surface area contributed by atoms with Crippen molar-refractivity contribution in [3.05, 3.63) is 64.6 Å². The highest BCUT2D eigenvalue weighted by Gasteiger charge is 2.25. The fraction of sp³-hybridized carbons (Fsp3) is 0.292. The van der Waals surface area contributed by atoms with Crippen LogP contribution >= 0.6 is 0 Å². The molecule has 1 aliphatic heterocycles. The molecule has 0 fully saturated rings. The van der Waals surface area contributed by atoms with Crippen molar-refractivity contribution in [2.24, 2.45) is 0 Å². The highest BCUT2D eigenvalue weighted by molar-refractivity contribution is 6.01. The molecule has 0 saturated heterocycles. The minimum atomic E-state index is -0.788. The molecule has 0 bridgehead atoms. The second-order valence-corrected chi connectivity index (χ2v) is 7.82. The molecule has 0 radical (unpaired) electrons. The molecule has 182 valence electrons. The number of benzene rings is 1. The van der Waals surface area contributed by atoms with E-state index in [1.54, 1.807) is 12.1 Å². The average molecular weight is 483 g/mol. The normalized spacial score (nSPS) is 12.6. The minimum Gasteiger partial charge on any atom is -0.494 e. The van der Waals surface area contributed by atoms with Crippen LogP contribution < -0.4 is 19.7 Å². The third-order valence-electron chi connectivity index (χ3n) is 5.68. The van der Waals surface area contributed by atoms with Crippen LogP contribution in [0, 0.1) is 11.6 Å². The Bertz CT molecular complexity index is 1230. The molecule has 2 aromatic heterocycles. The van der Waals surface area contributed by atoms with Gasteiger partial charge >= 0.3 is 6.03 Å². The van der Waals surface area contributed by atoms with Crippen LogP contribution in [0.5, 0.6) is 11.5 Å². The second kappa shape index (κ2) is 10.4. The lowest BCUT2D eigenvalue weighted by Gasteiger charge is -2.28. The van der Waals surface area contributed by atoms with E-state index < -0.39 is 17.7 Å². The van der Waals surface area contributed by atoms with E-state index in [-0.39, 0.29) is 41.5 Å². The van der Waals surface area contributed by atoms with Crippen LogP contribution in [-0.2, 0) is 19.3 Å². The van der Waals surface area contributed by atoms with Crippen LogP contribution in [0.3, 0.4) is 0 Å². The van der Waals surface area contributed by atoms with Crippen LogP contribution in [0.15, 0.2) is 30.6 Å². The Morgan fingerprint density at radius 1 is 1.11 bits per heavy atom. The number of aromatic nitrogens is 3. The molecule has 11 heteroatoms. The van der Waals surface area contributed by atoms with Gasteiger partial charge < -0.3 is 9.47 Å². The van der Waals surface area contributed by atoms with Gasteiger partial charge in [-0.2, -0.15) is 0 Å². The minimum absolute atomic E-state index is 0.0234. The number of halogens is 2. The predicted molar refractivity (Wildman–Crippen MR) is 123 cm³/mol. The van der Waals surface area contributed by atoms with Gasteiger partial charge in [0.15, 0.2) is 29.4 Å². The molecule has 1 N–H and O–H groups in total. The van der Waals surface area contributed by atoms with E-state index in [9.17, 15) is 18.4 Å². The summed E-state index contributed by atoms with van der Waals surface area (Å²) in [5.41, 5.74) is 1.57. The molecule has 0 unspecified atom stereocenters. The number of nitrogens with zero attached hydrogens (tertiary/aromatic N) is 4. The SMILES string of the molecule is COc1cc(OC)c(F)c(CCc2cnc(NC(=O)N3CCCc4ccc(C=O)nc43)nc2)c1F. The Morgan fingerprint density at radius 2 is 1.80 bits per heavy atom. The van der Waals surface area contributed by atoms with Gasteiger partial charge in [0.25, 0.3) is 0 Å². The molecular weight excluding hydrogens is 460 g/mol. The number of hydrogen-bond acceptors (Lipinski definition) is 7. The Morgan fingerprint density at radius 3 is 2.43 bits per heavy atom. The van der Waals surface area contributed by atoms with Crippen LogP contribution in [0.2, 0.25) is 0 Å². The van der Waals surface area contributed by atoms with Crippen molar-refractivity contribution < 1.29 is 27.8 Å². The predicted octanol–water partition coefficient (Wildman–Crippen LogP) is 3.75.